The first-order valence-electron chi connectivity index (χ1n) is 12.5. The van der Waals surface area contributed by atoms with E-state index >= 15 is 0 Å². The topological polar surface area (TPSA) is 112 Å². The fraction of sp³-hybridized carbons (Fsp3) is 0.692. The van der Waals surface area contributed by atoms with Gasteiger partial charge in [0.25, 0.3) is 11.8 Å². The van der Waals surface area contributed by atoms with E-state index in [1.165, 1.54) is 0 Å². The summed E-state index contributed by atoms with van der Waals surface area (Å²) >= 11 is 0. The zero-order chi connectivity index (χ0) is 26.9. The predicted octanol–water partition coefficient (Wildman–Crippen LogP) is 4.11. The largest absolute Gasteiger partial charge is 0.375 e. The van der Waals surface area contributed by atoms with Crippen LogP contribution in [0.3, 0.4) is 0 Å². The van der Waals surface area contributed by atoms with Gasteiger partial charge in [-0.25, -0.2) is 9.59 Å². The van der Waals surface area contributed by atoms with Gasteiger partial charge in [0.15, 0.2) is 0 Å². The third-order valence-corrected chi connectivity index (χ3v) is 6.04. The number of allylic oxidation sites excluding steroid dienone is 2. The number of ether oxygens (including phenoxy) is 2. The van der Waals surface area contributed by atoms with Gasteiger partial charge in [-0.05, 0) is 66.2 Å². The van der Waals surface area contributed by atoms with Crippen LogP contribution in [0, 0.1) is 0 Å². The van der Waals surface area contributed by atoms with Gasteiger partial charge < -0.3 is 19.1 Å². The van der Waals surface area contributed by atoms with Gasteiger partial charge >= 0.3 is 11.9 Å². The maximum Gasteiger partial charge on any atom is 0.333 e. The van der Waals surface area contributed by atoms with Crippen LogP contribution in [0.1, 0.15) is 91.9 Å². The van der Waals surface area contributed by atoms with E-state index in [0.717, 1.165) is 10.1 Å². The van der Waals surface area contributed by atoms with Crippen LogP contribution in [0.2, 0.25) is 0 Å². The van der Waals surface area contributed by atoms with Crippen LogP contribution in [-0.2, 0) is 38.3 Å². The number of amides is 2. The minimum Gasteiger partial charge on any atom is -0.375 e. The van der Waals surface area contributed by atoms with Crippen molar-refractivity contribution in [2.24, 2.45) is 0 Å². The quantitative estimate of drug-likeness (QED) is 0.304. The van der Waals surface area contributed by atoms with Crippen molar-refractivity contribution in [1.29, 1.82) is 0 Å². The van der Waals surface area contributed by atoms with Crippen LogP contribution in [0.25, 0.3) is 0 Å². The van der Waals surface area contributed by atoms with Gasteiger partial charge in [-0.1, -0.05) is 13.2 Å². The van der Waals surface area contributed by atoms with Crippen molar-refractivity contribution in [3.8, 4) is 0 Å². The van der Waals surface area contributed by atoms with Crippen molar-refractivity contribution in [2.75, 3.05) is 13.2 Å². The third-order valence-electron chi connectivity index (χ3n) is 6.04. The molecule has 2 fully saturated rings. The SMILES string of the molecule is C=C1CCC(=O)N1OC(=O)CCCOC(C)(C)CCOC(C)(C)CCCC(=O)ON1C(=C)CCC1=O. The van der Waals surface area contributed by atoms with E-state index in [1.54, 1.807) is 0 Å². The number of hydroxylamine groups is 4. The van der Waals surface area contributed by atoms with Crippen LogP contribution in [0.15, 0.2) is 24.6 Å². The Labute approximate surface area is 213 Å². The second kappa shape index (κ2) is 13.0. The van der Waals surface area contributed by atoms with E-state index in [-0.39, 0.29) is 24.7 Å². The van der Waals surface area contributed by atoms with Crippen LogP contribution in [-0.4, -0.2) is 58.3 Å². The molecule has 2 heterocycles. The van der Waals surface area contributed by atoms with Crippen LogP contribution >= 0.6 is 0 Å². The molecule has 0 radical (unpaired) electrons. The molecule has 0 aliphatic carbocycles. The lowest BCUT2D eigenvalue weighted by atomic mass is 10.0. The van der Waals surface area contributed by atoms with Gasteiger partial charge in [-0.2, -0.15) is 0 Å². The summed E-state index contributed by atoms with van der Waals surface area (Å²) in [7, 11) is 0. The van der Waals surface area contributed by atoms with E-state index in [2.05, 4.69) is 13.2 Å². The molecule has 0 aromatic rings. The van der Waals surface area contributed by atoms with Crippen molar-refractivity contribution in [2.45, 2.75) is 103 Å². The van der Waals surface area contributed by atoms with Crippen LogP contribution in [0.5, 0.6) is 0 Å². The molecular formula is C26H40N2O8. The zero-order valence-electron chi connectivity index (χ0n) is 22.1. The lowest BCUT2D eigenvalue weighted by molar-refractivity contribution is -0.187. The van der Waals surface area contributed by atoms with Gasteiger partial charge in [0.1, 0.15) is 0 Å². The zero-order valence-corrected chi connectivity index (χ0v) is 22.1. The number of nitrogens with zero attached hydrogens (tertiary/aromatic N) is 2. The molecule has 0 spiro atoms. The first-order valence-corrected chi connectivity index (χ1v) is 12.5. The predicted molar refractivity (Wildman–Crippen MR) is 130 cm³/mol. The number of carbonyl (C=O) groups excluding carboxylic acids is 4. The second-order valence-corrected chi connectivity index (χ2v) is 10.4. The molecule has 2 aliphatic heterocycles. The summed E-state index contributed by atoms with van der Waals surface area (Å²) in [6, 6.07) is 0. The minimum atomic E-state index is -0.487. The third kappa shape index (κ3) is 9.73. The number of carbonyl (C=O) groups is 4. The summed E-state index contributed by atoms with van der Waals surface area (Å²) in [6.45, 7) is 16.1. The Morgan fingerprint density at radius 2 is 1.17 bits per heavy atom. The molecule has 2 amide bonds. The fourth-order valence-corrected chi connectivity index (χ4v) is 3.73. The number of hydrogen-bond donors (Lipinski definition) is 0. The molecule has 10 heteroatoms. The molecule has 0 aromatic carbocycles. The molecule has 36 heavy (non-hydrogen) atoms. The molecule has 0 aromatic heterocycles. The van der Waals surface area contributed by atoms with Gasteiger partial charge in [-0.3, -0.25) is 9.59 Å². The van der Waals surface area contributed by atoms with Crippen molar-refractivity contribution >= 4 is 23.8 Å². The highest BCUT2D eigenvalue weighted by atomic mass is 16.7. The molecule has 2 rings (SSSR count). The molecule has 0 saturated carbocycles. The van der Waals surface area contributed by atoms with Crippen molar-refractivity contribution < 1.29 is 38.3 Å². The maximum absolute atomic E-state index is 12.0. The van der Waals surface area contributed by atoms with Gasteiger partial charge in [0.2, 0.25) is 0 Å². The molecular weight excluding hydrogens is 468 g/mol. The Morgan fingerprint density at radius 3 is 1.64 bits per heavy atom. The first-order chi connectivity index (χ1) is 16.8. The Bertz CT molecular complexity index is 832. The lowest BCUT2D eigenvalue weighted by Gasteiger charge is -2.30. The maximum atomic E-state index is 12.0. The van der Waals surface area contributed by atoms with Gasteiger partial charge in [0, 0.05) is 25.9 Å². The average Bonchev–Trinajstić information content (AvgIpc) is 3.26. The Kier molecular flexibility index (Phi) is 10.7. The van der Waals surface area contributed by atoms with Crippen molar-refractivity contribution in [3.05, 3.63) is 24.6 Å². The molecule has 0 bridgehead atoms. The second-order valence-electron chi connectivity index (χ2n) is 10.4. The van der Waals surface area contributed by atoms with Crippen molar-refractivity contribution in [3.63, 3.8) is 0 Å². The average molecular weight is 509 g/mol. The van der Waals surface area contributed by atoms with E-state index in [1.807, 2.05) is 27.7 Å². The van der Waals surface area contributed by atoms with Crippen LogP contribution < -0.4 is 0 Å². The summed E-state index contributed by atoms with van der Waals surface area (Å²) in [5.41, 5.74) is 0.114. The van der Waals surface area contributed by atoms with Crippen LogP contribution in [0.4, 0.5) is 0 Å². The summed E-state index contributed by atoms with van der Waals surface area (Å²) in [5.74, 6) is -1.44. The highest BCUT2D eigenvalue weighted by Gasteiger charge is 2.29. The minimum absolute atomic E-state index is 0.138. The molecule has 0 unspecified atom stereocenters. The molecule has 0 N–H and O–H groups in total. The molecule has 2 saturated heterocycles. The van der Waals surface area contributed by atoms with E-state index in [4.69, 9.17) is 19.1 Å². The lowest BCUT2D eigenvalue weighted by Crippen LogP contribution is -2.31. The number of rotatable bonds is 15. The van der Waals surface area contributed by atoms with E-state index in [0.29, 0.717) is 76.0 Å². The summed E-state index contributed by atoms with van der Waals surface area (Å²) in [4.78, 5) is 57.5. The van der Waals surface area contributed by atoms with E-state index in [9.17, 15) is 19.2 Å². The van der Waals surface area contributed by atoms with E-state index < -0.39 is 23.1 Å². The van der Waals surface area contributed by atoms with Gasteiger partial charge in [-0.15, -0.1) is 10.1 Å². The Morgan fingerprint density at radius 1 is 0.722 bits per heavy atom. The smallest absolute Gasteiger partial charge is 0.333 e. The number of hydrogen-bond acceptors (Lipinski definition) is 8. The fourth-order valence-electron chi connectivity index (χ4n) is 3.73. The molecule has 10 nitrogen and oxygen atoms in total. The van der Waals surface area contributed by atoms with Crippen molar-refractivity contribution in [1.82, 2.24) is 10.1 Å². The highest BCUT2D eigenvalue weighted by Crippen LogP contribution is 2.24. The summed E-state index contributed by atoms with van der Waals surface area (Å²) in [5, 5.41) is 1.99. The molecule has 2 aliphatic rings. The highest BCUT2D eigenvalue weighted by molar-refractivity contribution is 5.82. The Hall–Kier alpha value is -2.72. The van der Waals surface area contributed by atoms with Gasteiger partial charge in [0.05, 0.1) is 35.6 Å². The normalized spacial score (nSPS) is 16.8. The summed E-state index contributed by atoms with van der Waals surface area (Å²) < 4.78 is 11.9. The first kappa shape index (κ1) is 29.5. The standard InChI is InChI=1S/C26H40N2O8/c1-19-11-13-21(29)27(19)35-23(31)9-7-15-25(3,4)34-18-16-26(5,6)33-17-8-10-24(32)36-28-20(2)12-14-22(28)30/h1-2,7-18H2,3-6H3. The monoisotopic (exact) mass is 508 g/mol. The Balaban J connectivity index is 1.57. The summed E-state index contributed by atoms with van der Waals surface area (Å²) in [6.07, 6.45) is 4.28. The molecule has 0 atom stereocenters. The molecule has 202 valence electrons.